The Hall–Kier alpha value is -0.970. The van der Waals surface area contributed by atoms with Crippen LogP contribution < -0.4 is 0 Å². The first-order valence-corrected chi connectivity index (χ1v) is 20.7. The summed E-state index contributed by atoms with van der Waals surface area (Å²) in [4.78, 5) is 13.1. The lowest BCUT2D eigenvalue weighted by Gasteiger charge is -2.74. The highest BCUT2D eigenvalue weighted by Crippen LogP contribution is 2.77. The number of rotatable bonds is 6. The lowest BCUT2D eigenvalue weighted by molar-refractivity contribution is -0.367. The molecule has 0 aromatic carbocycles. The zero-order chi connectivity index (χ0) is 39.6. The largest absolute Gasteiger partial charge is 0.481 e. The molecule has 13 nitrogen and oxygen atoms in total. The van der Waals surface area contributed by atoms with Gasteiger partial charge in [-0.3, -0.25) is 4.79 Å². The number of carbonyl (C=O) groups is 1. The summed E-state index contributed by atoms with van der Waals surface area (Å²) in [5.41, 5.74) is -2.13. The molecule has 54 heavy (non-hydrogen) atoms. The van der Waals surface area contributed by atoms with Crippen LogP contribution in [0.15, 0.2) is 0 Å². The molecule has 310 valence electrons. The summed E-state index contributed by atoms with van der Waals surface area (Å²) in [6.45, 7) is 15.0. The van der Waals surface area contributed by atoms with Crippen LogP contribution in [0.2, 0.25) is 0 Å². The smallest absolute Gasteiger partial charge is 0.309 e. The van der Waals surface area contributed by atoms with Crippen LogP contribution in [0.4, 0.5) is 0 Å². The van der Waals surface area contributed by atoms with Gasteiger partial charge in [0.25, 0.3) is 0 Å². The van der Waals surface area contributed by atoms with Gasteiger partial charge >= 0.3 is 5.97 Å². The quantitative estimate of drug-likeness (QED) is 0.183. The van der Waals surface area contributed by atoms with Crippen molar-refractivity contribution in [2.75, 3.05) is 13.2 Å². The molecule has 0 spiro atoms. The molecule has 20 atom stereocenters. The Morgan fingerprint density at radius 2 is 1.43 bits per heavy atom. The molecule has 8 N–H and O–H groups in total. The van der Waals surface area contributed by atoms with Crippen LogP contribution in [0.3, 0.4) is 0 Å². The van der Waals surface area contributed by atoms with E-state index in [1.807, 2.05) is 6.92 Å². The van der Waals surface area contributed by atoms with Gasteiger partial charge in [0.2, 0.25) is 0 Å². The summed E-state index contributed by atoms with van der Waals surface area (Å²) in [6, 6.07) is 0. The van der Waals surface area contributed by atoms with Crippen molar-refractivity contribution in [1.29, 1.82) is 0 Å². The topological polar surface area (TPSA) is 216 Å². The summed E-state index contributed by atoms with van der Waals surface area (Å²) in [6.07, 6.45) is -5.11. The molecule has 2 saturated heterocycles. The van der Waals surface area contributed by atoms with Crippen molar-refractivity contribution < 1.29 is 64.6 Å². The van der Waals surface area contributed by atoms with Gasteiger partial charge in [-0.15, -0.1) is 0 Å². The van der Waals surface area contributed by atoms with E-state index in [-0.39, 0.29) is 58.0 Å². The fraction of sp³-hybridized carbons (Fsp3) is 0.976. The van der Waals surface area contributed by atoms with Crippen molar-refractivity contribution in [3.8, 4) is 0 Å². The Morgan fingerprint density at radius 3 is 2.09 bits per heavy atom. The highest BCUT2D eigenvalue weighted by atomic mass is 16.8. The van der Waals surface area contributed by atoms with Crippen LogP contribution in [0.1, 0.15) is 113 Å². The van der Waals surface area contributed by atoms with E-state index in [1.54, 1.807) is 0 Å². The van der Waals surface area contributed by atoms with Crippen LogP contribution in [0.25, 0.3) is 0 Å². The molecule has 0 aromatic rings. The molecule has 7 aliphatic rings. The van der Waals surface area contributed by atoms with Crippen LogP contribution in [-0.2, 0) is 23.7 Å². The summed E-state index contributed by atoms with van der Waals surface area (Å²) in [7, 11) is 0. The van der Waals surface area contributed by atoms with E-state index < -0.39 is 78.9 Å². The van der Waals surface area contributed by atoms with Crippen LogP contribution in [0, 0.1) is 56.7 Å². The summed E-state index contributed by atoms with van der Waals surface area (Å²) in [5, 5.41) is 85.0. The Morgan fingerprint density at radius 1 is 0.741 bits per heavy atom. The molecule has 2 heterocycles. The molecule has 0 amide bonds. The molecule has 2 aliphatic heterocycles. The zero-order valence-electron chi connectivity index (χ0n) is 33.3. The van der Waals surface area contributed by atoms with Crippen molar-refractivity contribution in [3.63, 3.8) is 0 Å². The van der Waals surface area contributed by atoms with Crippen molar-refractivity contribution in [2.24, 2.45) is 56.7 Å². The standard InChI is InChI=1S/C41H68O13/c1-20-27-21-8-9-25-37(4)12-11-26(53-34-32(28(44)22(43)19-51-34)54-33-31(47)30(46)29(45)23(18-42)52-33)36(2,3)24(37)10-13-39(25,6)38(21,5)14-16-41(27,35(48)49)17-15-40(20,7)50/h20-34,42-47,50H,8-19H2,1-7H3,(H,48,49)/t20-,21+,22-,23+,24-,25+,26-,27+,28-,29+,30-,31+,32+,33-,34-,37-,38+,39+,40+,41+/m0/s1. The predicted octanol–water partition coefficient (Wildman–Crippen LogP) is 2.57. The number of hydrogen-bond acceptors (Lipinski definition) is 12. The zero-order valence-corrected chi connectivity index (χ0v) is 33.3. The van der Waals surface area contributed by atoms with Crippen molar-refractivity contribution in [2.45, 2.75) is 180 Å². The third-order valence-electron chi connectivity index (χ3n) is 17.9. The van der Waals surface area contributed by atoms with E-state index in [9.17, 15) is 45.6 Å². The first kappa shape index (κ1) is 41.2. The second kappa shape index (κ2) is 13.8. The Kier molecular flexibility index (Phi) is 10.5. The first-order chi connectivity index (χ1) is 25.1. The number of aliphatic hydroxyl groups excluding tert-OH is 6. The lowest BCUT2D eigenvalue weighted by atomic mass is 9.31. The van der Waals surface area contributed by atoms with Crippen molar-refractivity contribution >= 4 is 5.97 Å². The van der Waals surface area contributed by atoms with Crippen LogP contribution >= 0.6 is 0 Å². The Balaban J connectivity index is 1.12. The second-order valence-electron chi connectivity index (χ2n) is 20.3. The first-order valence-electron chi connectivity index (χ1n) is 20.7. The number of fused-ring (bicyclic) bond motifs is 7. The van der Waals surface area contributed by atoms with E-state index in [2.05, 4.69) is 41.5 Å². The maximum atomic E-state index is 13.1. The van der Waals surface area contributed by atoms with Crippen LogP contribution in [0.5, 0.6) is 0 Å². The van der Waals surface area contributed by atoms with Gasteiger partial charge in [-0.25, -0.2) is 0 Å². The highest BCUT2D eigenvalue weighted by molar-refractivity contribution is 5.76. The van der Waals surface area contributed by atoms with Gasteiger partial charge in [-0.05, 0) is 122 Å². The maximum Gasteiger partial charge on any atom is 0.309 e. The summed E-state index contributed by atoms with van der Waals surface area (Å²) >= 11 is 0. The average molecular weight is 769 g/mol. The van der Waals surface area contributed by atoms with Crippen molar-refractivity contribution in [1.82, 2.24) is 0 Å². The third kappa shape index (κ3) is 5.83. The third-order valence-corrected chi connectivity index (χ3v) is 17.9. The summed E-state index contributed by atoms with van der Waals surface area (Å²) < 4.78 is 24.3. The minimum atomic E-state index is -1.70. The van der Waals surface area contributed by atoms with Gasteiger partial charge in [0.15, 0.2) is 12.6 Å². The Bertz CT molecular complexity index is 1410. The Labute approximate surface area is 319 Å². The molecular formula is C41H68O13. The van der Waals surface area contributed by atoms with Gasteiger partial charge in [-0.2, -0.15) is 0 Å². The number of carboxylic acid groups (broad SMARTS) is 1. The minimum absolute atomic E-state index is 0.0182. The molecule has 7 rings (SSSR count). The van der Waals surface area contributed by atoms with Crippen molar-refractivity contribution in [3.05, 3.63) is 0 Å². The molecule has 0 bridgehead atoms. The minimum Gasteiger partial charge on any atom is -0.481 e. The number of aliphatic carboxylic acids is 1. The summed E-state index contributed by atoms with van der Waals surface area (Å²) in [5.74, 6) is 0.0208. The predicted molar refractivity (Wildman–Crippen MR) is 193 cm³/mol. The van der Waals surface area contributed by atoms with Gasteiger partial charge in [-0.1, -0.05) is 41.5 Å². The highest BCUT2D eigenvalue weighted by Gasteiger charge is 2.72. The SMILES string of the molecule is C[C@H]1[C@@H]2[C@H]3CC[C@@H]4[C@@]5(C)CC[C@H](O[C@@H]6OC[C@H](O)[C@H](O)[C@H]6O[C@@H]6O[C@H](CO)[C@@H](O)[C@H](O)[C@H]6O)C(C)(C)[C@@H]5CC[C@@]4(C)[C@]3(C)CC[C@@]2(C(=O)O)CC[C@@]1(C)O. The second-order valence-corrected chi connectivity index (χ2v) is 20.3. The molecule has 5 aliphatic carbocycles. The molecule has 0 unspecified atom stereocenters. The van der Waals surface area contributed by atoms with E-state index in [0.717, 1.165) is 38.5 Å². The van der Waals surface area contributed by atoms with Gasteiger partial charge in [0.1, 0.15) is 42.7 Å². The maximum absolute atomic E-state index is 13.1. The molecular weight excluding hydrogens is 700 g/mol. The molecule has 0 aromatic heterocycles. The number of aliphatic hydroxyl groups is 7. The van der Waals surface area contributed by atoms with E-state index in [0.29, 0.717) is 31.6 Å². The number of carboxylic acids is 1. The van der Waals surface area contributed by atoms with E-state index in [1.165, 1.54) is 0 Å². The van der Waals surface area contributed by atoms with E-state index >= 15 is 0 Å². The fourth-order valence-electron chi connectivity index (χ4n) is 14.4. The molecule has 0 radical (unpaired) electrons. The lowest BCUT2D eigenvalue weighted by Crippen LogP contribution is -2.69. The monoisotopic (exact) mass is 768 g/mol. The normalized spacial score (nSPS) is 57.2. The van der Waals surface area contributed by atoms with Gasteiger partial charge < -0.3 is 59.8 Å². The molecule has 13 heteroatoms. The van der Waals surface area contributed by atoms with E-state index in [4.69, 9.17) is 18.9 Å². The number of hydrogen-bond donors (Lipinski definition) is 8. The average Bonchev–Trinajstić information content (AvgIpc) is 3.10. The van der Waals surface area contributed by atoms with Gasteiger partial charge in [0.05, 0.1) is 30.3 Å². The molecule has 5 saturated carbocycles. The fourth-order valence-corrected chi connectivity index (χ4v) is 14.4. The van der Waals surface area contributed by atoms with Gasteiger partial charge in [0, 0.05) is 0 Å². The molecule has 7 fully saturated rings. The number of ether oxygens (including phenoxy) is 4. The van der Waals surface area contributed by atoms with Crippen LogP contribution in [-0.4, -0.2) is 127 Å².